The highest BCUT2D eigenvalue weighted by Crippen LogP contribution is 2.15. The van der Waals surface area contributed by atoms with Gasteiger partial charge in [0.05, 0.1) is 5.52 Å². The molecule has 1 aromatic carbocycles. The summed E-state index contributed by atoms with van der Waals surface area (Å²) in [6, 6.07) is 10.4. The number of benzene rings is 1. The van der Waals surface area contributed by atoms with Crippen molar-refractivity contribution in [2.24, 2.45) is 0 Å². The molecule has 3 heteroatoms. The van der Waals surface area contributed by atoms with Crippen LogP contribution in [0, 0.1) is 0 Å². The zero-order chi connectivity index (χ0) is 11.5. The first-order chi connectivity index (χ1) is 7.77. The summed E-state index contributed by atoms with van der Waals surface area (Å²) in [5, 5.41) is 2.11. The van der Waals surface area contributed by atoms with Crippen LogP contribution < -0.4 is 0 Å². The Labute approximate surface area is 101 Å². The Balaban J connectivity index is 2.43. The number of hydrogen-bond acceptors (Lipinski definition) is 1. The van der Waals surface area contributed by atoms with Gasteiger partial charge in [0.15, 0.2) is 5.11 Å². The van der Waals surface area contributed by atoms with Crippen molar-refractivity contribution < 1.29 is 0 Å². The van der Waals surface area contributed by atoms with Crippen molar-refractivity contribution in [2.45, 2.75) is 13.8 Å². The van der Waals surface area contributed by atoms with Gasteiger partial charge in [0.25, 0.3) is 0 Å². The highest BCUT2D eigenvalue weighted by molar-refractivity contribution is 7.80. The van der Waals surface area contributed by atoms with Gasteiger partial charge in [-0.3, -0.25) is 4.57 Å². The van der Waals surface area contributed by atoms with Crippen molar-refractivity contribution in [2.75, 3.05) is 13.1 Å². The van der Waals surface area contributed by atoms with E-state index in [1.165, 1.54) is 10.9 Å². The van der Waals surface area contributed by atoms with Crippen LogP contribution in [0.2, 0.25) is 0 Å². The monoisotopic (exact) mass is 232 g/mol. The second-order valence-corrected chi connectivity index (χ2v) is 4.06. The van der Waals surface area contributed by atoms with E-state index in [2.05, 4.69) is 41.5 Å². The fourth-order valence-corrected chi connectivity index (χ4v) is 2.31. The Bertz CT molecular complexity index is 497. The zero-order valence-corrected chi connectivity index (χ0v) is 10.5. The lowest BCUT2D eigenvalue weighted by atomic mass is 10.2. The third kappa shape index (κ3) is 1.83. The van der Waals surface area contributed by atoms with Crippen molar-refractivity contribution in [3.05, 3.63) is 36.5 Å². The van der Waals surface area contributed by atoms with Crippen LogP contribution in [-0.4, -0.2) is 27.7 Å². The van der Waals surface area contributed by atoms with Crippen LogP contribution in [0.4, 0.5) is 0 Å². The highest BCUT2D eigenvalue weighted by Gasteiger charge is 2.09. The SMILES string of the molecule is CCN(CC)C(=S)n1ccc2ccccc21. The first kappa shape index (κ1) is 11.1. The molecular weight excluding hydrogens is 216 g/mol. The molecule has 0 unspecified atom stereocenters. The fraction of sp³-hybridized carbons (Fsp3) is 0.308. The van der Waals surface area contributed by atoms with Gasteiger partial charge < -0.3 is 4.90 Å². The Morgan fingerprint density at radius 3 is 2.56 bits per heavy atom. The number of para-hydroxylation sites is 1. The summed E-state index contributed by atoms with van der Waals surface area (Å²) >= 11 is 5.51. The summed E-state index contributed by atoms with van der Waals surface area (Å²) in [5.41, 5.74) is 1.18. The van der Waals surface area contributed by atoms with Crippen molar-refractivity contribution in [3.63, 3.8) is 0 Å². The molecule has 0 N–H and O–H groups in total. The van der Waals surface area contributed by atoms with Crippen molar-refractivity contribution in [1.29, 1.82) is 0 Å². The third-order valence-corrected chi connectivity index (χ3v) is 3.29. The molecule has 0 aliphatic heterocycles. The van der Waals surface area contributed by atoms with E-state index in [0.29, 0.717) is 0 Å². The van der Waals surface area contributed by atoms with Gasteiger partial charge in [-0.1, -0.05) is 18.2 Å². The van der Waals surface area contributed by atoms with E-state index in [4.69, 9.17) is 12.2 Å². The van der Waals surface area contributed by atoms with Crippen LogP contribution in [0.15, 0.2) is 36.5 Å². The van der Waals surface area contributed by atoms with Gasteiger partial charge >= 0.3 is 0 Å². The van der Waals surface area contributed by atoms with E-state index in [-0.39, 0.29) is 0 Å². The van der Waals surface area contributed by atoms with Crippen LogP contribution in [0.3, 0.4) is 0 Å². The molecule has 2 rings (SSSR count). The van der Waals surface area contributed by atoms with Crippen LogP contribution in [0.5, 0.6) is 0 Å². The number of rotatable bonds is 2. The summed E-state index contributed by atoms with van der Waals surface area (Å²) in [6.45, 7) is 6.15. The first-order valence-electron chi connectivity index (χ1n) is 5.63. The second-order valence-electron chi connectivity index (χ2n) is 3.70. The second kappa shape index (κ2) is 4.66. The van der Waals surface area contributed by atoms with Gasteiger partial charge in [0, 0.05) is 24.7 Å². The van der Waals surface area contributed by atoms with Crippen molar-refractivity contribution >= 4 is 28.2 Å². The normalized spacial score (nSPS) is 10.6. The molecular formula is C13H16N2S. The minimum absolute atomic E-state index is 0.881. The molecule has 0 spiro atoms. The topological polar surface area (TPSA) is 8.17 Å². The summed E-state index contributed by atoms with van der Waals surface area (Å²) in [7, 11) is 0. The quantitative estimate of drug-likeness (QED) is 0.735. The molecule has 2 aromatic rings. The zero-order valence-electron chi connectivity index (χ0n) is 9.68. The average molecular weight is 232 g/mol. The molecule has 0 aliphatic carbocycles. The number of aromatic nitrogens is 1. The minimum atomic E-state index is 0.881. The largest absolute Gasteiger partial charge is 0.349 e. The Morgan fingerprint density at radius 2 is 1.88 bits per heavy atom. The van der Waals surface area contributed by atoms with Gasteiger partial charge in [0.1, 0.15) is 0 Å². The molecule has 84 valence electrons. The maximum absolute atomic E-state index is 5.51. The lowest BCUT2D eigenvalue weighted by molar-refractivity contribution is 0.461. The van der Waals surface area contributed by atoms with E-state index < -0.39 is 0 Å². The molecule has 0 amide bonds. The third-order valence-electron chi connectivity index (χ3n) is 2.84. The molecule has 0 saturated carbocycles. The predicted octanol–water partition coefficient (Wildman–Crippen LogP) is 3.12. The van der Waals surface area contributed by atoms with Crippen LogP contribution in [-0.2, 0) is 0 Å². The number of hydrogen-bond donors (Lipinski definition) is 0. The molecule has 2 nitrogen and oxygen atoms in total. The molecule has 16 heavy (non-hydrogen) atoms. The molecule has 0 atom stereocenters. The summed E-state index contributed by atoms with van der Waals surface area (Å²) in [4.78, 5) is 2.18. The van der Waals surface area contributed by atoms with Crippen LogP contribution in [0.25, 0.3) is 10.9 Å². The standard InChI is InChI=1S/C13H16N2S/c1-3-14(4-2)13(16)15-10-9-11-7-5-6-8-12(11)15/h5-10H,3-4H2,1-2H3. The first-order valence-corrected chi connectivity index (χ1v) is 6.04. The van der Waals surface area contributed by atoms with Crippen LogP contribution >= 0.6 is 12.2 Å². The maximum Gasteiger partial charge on any atom is 0.180 e. The number of thiocarbonyl (C=S) groups is 1. The number of fused-ring (bicyclic) bond motifs is 1. The summed E-state index contributed by atoms with van der Waals surface area (Å²) < 4.78 is 2.08. The Kier molecular flexibility index (Phi) is 3.25. The van der Waals surface area contributed by atoms with Gasteiger partial charge in [0.2, 0.25) is 0 Å². The van der Waals surface area contributed by atoms with E-state index in [1.54, 1.807) is 0 Å². The molecule has 1 aromatic heterocycles. The fourth-order valence-electron chi connectivity index (χ4n) is 1.90. The van der Waals surface area contributed by atoms with E-state index in [1.807, 2.05) is 18.3 Å². The van der Waals surface area contributed by atoms with Gasteiger partial charge in [-0.2, -0.15) is 0 Å². The Morgan fingerprint density at radius 1 is 1.19 bits per heavy atom. The maximum atomic E-state index is 5.51. The van der Waals surface area contributed by atoms with Crippen LogP contribution in [0.1, 0.15) is 13.8 Å². The molecule has 0 bridgehead atoms. The highest BCUT2D eigenvalue weighted by atomic mass is 32.1. The van der Waals surface area contributed by atoms with E-state index >= 15 is 0 Å². The molecule has 1 heterocycles. The number of nitrogens with zero attached hydrogens (tertiary/aromatic N) is 2. The van der Waals surface area contributed by atoms with E-state index in [0.717, 1.165) is 18.2 Å². The average Bonchev–Trinajstić information content (AvgIpc) is 2.74. The molecule has 0 fully saturated rings. The smallest absolute Gasteiger partial charge is 0.180 e. The van der Waals surface area contributed by atoms with Crippen molar-refractivity contribution in [3.8, 4) is 0 Å². The molecule has 0 radical (unpaired) electrons. The van der Waals surface area contributed by atoms with Gasteiger partial charge in [-0.25, -0.2) is 0 Å². The lowest BCUT2D eigenvalue weighted by Gasteiger charge is -2.22. The Hall–Kier alpha value is -1.35. The summed E-state index contributed by atoms with van der Waals surface area (Å²) in [5.74, 6) is 0. The molecule has 0 aliphatic rings. The van der Waals surface area contributed by atoms with Gasteiger partial charge in [-0.05, 0) is 38.2 Å². The summed E-state index contributed by atoms with van der Waals surface area (Å²) in [6.07, 6.45) is 2.05. The predicted molar refractivity (Wildman–Crippen MR) is 72.9 cm³/mol. The van der Waals surface area contributed by atoms with Gasteiger partial charge in [-0.15, -0.1) is 0 Å². The van der Waals surface area contributed by atoms with E-state index in [9.17, 15) is 0 Å². The van der Waals surface area contributed by atoms with Crippen molar-refractivity contribution in [1.82, 2.24) is 9.47 Å². The minimum Gasteiger partial charge on any atom is -0.349 e. The molecule has 0 saturated heterocycles. The lowest BCUT2D eigenvalue weighted by Crippen LogP contribution is -2.33.